The van der Waals surface area contributed by atoms with Crippen LogP contribution in [0.15, 0.2) is 30.3 Å². The van der Waals surface area contributed by atoms with Gasteiger partial charge in [0.25, 0.3) is 0 Å². The van der Waals surface area contributed by atoms with Crippen LogP contribution in [0.1, 0.15) is 91.4 Å². The van der Waals surface area contributed by atoms with Crippen molar-refractivity contribution in [2.75, 3.05) is 0 Å². The van der Waals surface area contributed by atoms with Gasteiger partial charge >= 0.3 is 185 Å². The van der Waals surface area contributed by atoms with Crippen LogP contribution in [-0.2, 0) is 6.54 Å². The normalized spacial score (nSPS) is 16.0. The zero-order chi connectivity index (χ0) is 20.5. The van der Waals surface area contributed by atoms with Crippen LogP contribution in [0.5, 0.6) is 0 Å². The minimum atomic E-state index is -2.43. The second-order valence-electron chi connectivity index (χ2n) is 9.79. The van der Waals surface area contributed by atoms with Crippen molar-refractivity contribution in [2.45, 2.75) is 111 Å². The molecular weight excluding hydrogens is 457 g/mol. The van der Waals surface area contributed by atoms with Gasteiger partial charge in [0.1, 0.15) is 0 Å². The molecule has 1 fully saturated rings. The SMILES string of the molecule is CCC[CH2][Sn]([CH2]CCC)([CH2]CCC)[c]1cc2ccccc2n1CC1CCCCC1. The second-order valence-corrected chi connectivity index (χ2v) is 22.8. The Labute approximate surface area is 184 Å². The first kappa shape index (κ1) is 23.2. The average molecular weight is 502 g/mol. The molecule has 0 atom stereocenters. The zero-order valence-corrected chi connectivity index (χ0v) is 22.4. The van der Waals surface area contributed by atoms with Crippen molar-refractivity contribution in [3.63, 3.8) is 0 Å². The number of fused-ring (bicyclic) bond motifs is 1. The molecule has 162 valence electrons. The molecule has 0 amide bonds. The number of hydrogen-bond donors (Lipinski definition) is 0. The number of para-hydroxylation sites is 1. The van der Waals surface area contributed by atoms with Crippen molar-refractivity contribution < 1.29 is 0 Å². The van der Waals surface area contributed by atoms with E-state index in [1.165, 1.54) is 82.6 Å². The number of unbranched alkanes of at least 4 members (excludes halogenated alkanes) is 3. The first-order valence-electron chi connectivity index (χ1n) is 12.8. The van der Waals surface area contributed by atoms with Crippen LogP contribution in [-0.4, -0.2) is 22.9 Å². The fourth-order valence-electron chi connectivity index (χ4n) is 5.78. The molecule has 1 heterocycles. The maximum atomic E-state index is 2.89. The number of benzene rings is 1. The van der Waals surface area contributed by atoms with Crippen LogP contribution in [0.25, 0.3) is 10.9 Å². The van der Waals surface area contributed by atoms with E-state index in [2.05, 4.69) is 55.7 Å². The van der Waals surface area contributed by atoms with E-state index in [4.69, 9.17) is 0 Å². The fraction of sp³-hybridized carbons (Fsp3) is 0.704. The van der Waals surface area contributed by atoms with Gasteiger partial charge in [-0.1, -0.05) is 0 Å². The Morgan fingerprint density at radius 1 is 0.828 bits per heavy atom. The van der Waals surface area contributed by atoms with Crippen LogP contribution >= 0.6 is 0 Å². The number of hydrogen-bond acceptors (Lipinski definition) is 0. The molecular formula is C27H45NSn. The first-order chi connectivity index (χ1) is 14.2. The van der Waals surface area contributed by atoms with Gasteiger partial charge in [0.2, 0.25) is 0 Å². The summed E-state index contributed by atoms with van der Waals surface area (Å²) in [6.45, 7) is 8.49. The Morgan fingerprint density at radius 3 is 2.00 bits per heavy atom. The Morgan fingerprint density at radius 2 is 1.41 bits per heavy atom. The van der Waals surface area contributed by atoms with E-state index in [0.717, 1.165) is 5.92 Å². The summed E-state index contributed by atoms with van der Waals surface area (Å²) in [7, 11) is 0. The average Bonchev–Trinajstić information content (AvgIpc) is 3.13. The summed E-state index contributed by atoms with van der Waals surface area (Å²) in [5.41, 5.74) is 1.54. The van der Waals surface area contributed by atoms with Crippen molar-refractivity contribution in [3.05, 3.63) is 30.3 Å². The number of aromatic nitrogens is 1. The third-order valence-corrected chi connectivity index (χ3v) is 23.1. The van der Waals surface area contributed by atoms with Crippen LogP contribution in [0, 0.1) is 5.92 Å². The predicted octanol–water partition coefficient (Wildman–Crippen LogP) is 8.28. The summed E-state index contributed by atoms with van der Waals surface area (Å²) in [5, 5.41) is 1.52. The van der Waals surface area contributed by atoms with E-state index in [9.17, 15) is 0 Å². The van der Waals surface area contributed by atoms with Gasteiger partial charge in [0.05, 0.1) is 0 Å². The summed E-state index contributed by atoms with van der Waals surface area (Å²) in [4.78, 5) is 0. The molecule has 1 aromatic carbocycles. The van der Waals surface area contributed by atoms with E-state index in [1.807, 2.05) is 3.71 Å². The maximum absolute atomic E-state index is 2.89. The fourth-order valence-corrected chi connectivity index (χ4v) is 22.5. The van der Waals surface area contributed by atoms with Gasteiger partial charge in [-0.05, 0) is 0 Å². The molecule has 2 aromatic rings. The van der Waals surface area contributed by atoms with Gasteiger partial charge in [-0.2, -0.15) is 0 Å². The Kier molecular flexibility index (Phi) is 9.46. The molecule has 0 N–H and O–H groups in total. The predicted molar refractivity (Wildman–Crippen MR) is 133 cm³/mol. The van der Waals surface area contributed by atoms with Crippen LogP contribution < -0.4 is 3.71 Å². The molecule has 1 aromatic heterocycles. The Bertz CT molecular complexity index is 703. The molecule has 29 heavy (non-hydrogen) atoms. The van der Waals surface area contributed by atoms with E-state index in [-0.39, 0.29) is 0 Å². The molecule has 1 saturated carbocycles. The second kappa shape index (κ2) is 11.8. The summed E-state index contributed by atoms with van der Waals surface area (Å²) in [5.74, 6) is 0.908. The molecule has 3 rings (SSSR count). The summed E-state index contributed by atoms with van der Waals surface area (Å²) in [6, 6.07) is 12.0. The monoisotopic (exact) mass is 503 g/mol. The zero-order valence-electron chi connectivity index (χ0n) is 19.5. The van der Waals surface area contributed by atoms with Crippen LogP contribution in [0.4, 0.5) is 0 Å². The third-order valence-electron chi connectivity index (χ3n) is 7.55. The molecule has 0 saturated heterocycles. The molecule has 0 spiro atoms. The topological polar surface area (TPSA) is 4.93 Å². The van der Waals surface area contributed by atoms with Crippen LogP contribution in [0.2, 0.25) is 13.3 Å². The Hall–Kier alpha value is -0.441. The van der Waals surface area contributed by atoms with Gasteiger partial charge in [-0.3, -0.25) is 0 Å². The van der Waals surface area contributed by atoms with Gasteiger partial charge in [0, 0.05) is 0 Å². The molecule has 0 bridgehead atoms. The van der Waals surface area contributed by atoms with Crippen molar-refractivity contribution >= 4 is 33.0 Å². The minimum absolute atomic E-state index is 0.908. The molecule has 0 aliphatic heterocycles. The number of rotatable bonds is 12. The van der Waals surface area contributed by atoms with Crippen LogP contribution in [0.3, 0.4) is 0 Å². The molecule has 1 aliphatic rings. The van der Waals surface area contributed by atoms with Gasteiger partial charge in [-0.15, -0.1) is 0 Å². The third kappa shape index (κ3) is 5.83. The molecule has 2 heteroatoms. The van der Waals surface area contributed by atoms with Gasteiger partial charge in [0.15, 0.2) is 0 Å². The first-order valence-corrected chi connectivity index (χ1v) is 20.3. The Balaban J connectivity index is 2.06. The molecule has 0 radical (unpaired) electrons. The summed E-state index contributed by atoms with van der Waals surface area (Å²) in [6.07, 6.45) is 15.7. The van der Waals surface area contributed by atoms with E-state index >= 15 is 0 Å². The van der Waals surface area contributed by atoms with E-state index in [0.29, 0.717) is 0 Å². The molecule has 1 aliphatic carbocycles. The van der Waals surface area contributed by atoms with Crippen molar-refractivity contribution in [3.8, 4) is 0 Å². The van der Waals surface area contributed by atoms with Crippen molar-refractivity contribution in [1.82, 2.24) is 4.57 Å². The number of nitrogens with zero attached hydrogens (tertiary/aromatic N) is 1. The molecule has 1 nitrogen and oxygen atoms in total. The quantitative estimate of drug-likeness (QED) is 0.258. The standard InChI is InChI=1S/C15H18N.3C4H9.Sn/c1-2-6-13(7-3-1)12-16-11-10-14-8-4-5-9-15(14)16;3*1-3-4-2;/h4-5,8-10,13H,1-3,6-7,12H2;3*1,3-4H2,2H3;. The van der Waals surface area contributed by atoms with Crippen molar-refractivity contribution in [1.29, 1.82) is 0 Å². The van der Waals surface area contributed by atoms with Gasteiger partial charge < -0.3 is 0 Å². The van der Waals surface area contributed by atoms with E-state index in [1.54, 1.807) is 18.8 Å². The summed E-state index contributed by atoms with van der Waals surface area (Å²) < 4.78 is 9.51. The van der Waals surface area contributed by atoms with E-state index < -0.39 is 18.4 Å². The molecule has 0 unspecified atom stereocenters. The van der Waals surface area contributed by atoms with Crippen molar-refractivity contribution in [2.24, 2.45) is 5.92 Å². The summed E-state index contributed by atoms with van der Waals surface area (Å²) >= 11 is -2.43. The van der Waals surface area contributed by atoms with Gasteiger partial charge in [-0.25, -0.2) is 0 Å².